The van der Waals surface area contributed by atoms with Crippen LogP contribution in [-0.2, 0) is 10.8 Å². The van der Waals surface area contributed by atoms with Crippen LogP contribution >= 0.6 is 16.1 Å². The third kappa shape index (κ3) is 5.75. The number of carbonyl (C=O) groups is 1. The van der Waals surface area contributed by atoms with Crippen LogP contribution in [0.2, 0.25) is 0 Å². The number of aryl methyl sites for hydroxylation is 1. The normalized spacial score (nSPS) is 17.3. The molecule has 2 aromatic carbocycles. The van der Waals surface area contributed by atoms with E-state index < -0.39 is 0 Å². The smallest absolute Gasteiger partial charge is 0.182 e. The van der Waals surface area contributed by atoms with E-state index in [-0.39, 0.29) is 23.2 Å². The number of ketones is 1. The zero-order valence-corrected chi connectivity index (χ0v) is 22.4. The molecule has 3 rings (SSSR count). The molecule has 0 saturated carbocycles. The number of phenolic OH excluding ortho intramolecular Hbond substituents is 1. The summed E-state index contributed by atoms with van der Waals surface area (Å²) in [5, 5.41) is 11.0. The number of benzene rings is 2. The summed E-state index contributed by atoms with van der Waals surface area (Å²) in [6.07, 6.45) is 2.97. The van der Waals surface area contributed by atoms with Gasteiger partial charge in [0.1, 0.15) is 11.6 Å². The molecule has 1 N–H and O–H groups in total. The van der Waals surface area contributed by atoms with Crippen molar-refractivity contribution < 1.29 is 9.90 Å². The van der Waals surface area contributed by atoms with Crippen molar-refractivity contribution in [2.75, 3.05) is 13.1 Å². The van der Waals surface area contributed by atoms with Gasteiger partial charge in [-0.05, 0) is 53.5 Å². The van der Waals surface area contributed by atoms with Crippen molar-refractivity contribution in [1.82, 2.24) is 4.90 Å². The standard InChI is InChI=1S/C28H35BrN2O2/c1-18-8-10-19(11-9-18)14-20-12-13-31(26(20)30-29)17-24(32)21-15-22(27(2,3)4)25(33)23(16-21)28(5,6)7/h8-11,14-16,33H,12-13,17H2,1-7H3/b20-14+,30-26?. The van der Waals surface area contributed by atoms with Crippen LogP contribution in [0.1, 0.15) is 80.6 Å². The van der Waals surface area contributed by atoms with E-state index in [0.29, 0.717) is 11.3 Å². The lowest BCUT2D eigenvalue weighted by Gasteiger charge is -2.28. The highest BCUT2D eigenvalue weighted by Crippen LogP contribution is 2.40. The fourth-order valence-corrected chi connectivity index (χ4v) is 4.59. The van der Waals surface area contributed by atoms with Crippen LogP contribution < -0.4 is 0 Å². The number of rotatable bonds is 4. The van der Waals surface area contributed by atoms with E-state index in [1.165, 1.54) is 5.56 Å². The van der Waals surface area contributed by atoms with Gasteiger partial charge in [-0.15, -0.1) is 0 Å². The quantitative estimate of drug-likeness (QED) is 0.451. The summed E-state index contributed by atoms with van der Waals surface area (Å²) in [5.41, 5.74) is 5.14. The highest BCUT2D eigenvalue weighted by molar-refractivity contribution is 9.08. The highest BCUT2D eigenvalue weighted by Gasteiger charge is 2.30. The number of Topliss-reactive ketones (excluding diaryl/α,β-unsaturated/α-hetero) is 1. The number of aromatic hydroxyl groups is 1. The molecular weight excluding hydrogens is 476 g/mol. The molecule has 0 aliphatic carbocycles. The van der Waals surface area contributed by atoms with Gasteiger partial charge in [-0.2, -0.15) is 4.02 Å². The highest BCUT2D eigenvalue weighted by atomic mass is 79.9. The molecule has 0 unspecified atom stereocenters. The molecule has 0 amide bonds. The fourth-order valence-electron chi connectivity index (χ4n) is 4.14. The summed E-state index contributed by atoms with van der Waals surface area (Å²) < 4.78 is 4.33. The number of halogens is 1. The zero-order valence-electron chi connectivity index (χ0n) is 20.8. The Hall–Kier alpha value is -2.40. The first-order chi connectivity index (χ1) is 15.3. The first-order valence-corrected chi connectivity index (χ1v) is 12.1. The molecule has 1 heterocycles. The lowest BCUT2D eigenvalue weighted by Crippen LogP contribution is -2.31. The maximum absolute atomic E-state index is 13.4. The lowest BCUT2D eigenvalue weighted by molar-refractivity contribution is 0.0966. The van der Waals surface area contributed by atoms with Gasteiger partial charge in [0, 0.05) is 23.2 Å². The second kappa shape index (κ2) is 9.46. The van der Waals surface area contributed by atoms with Gasteiger partial charge >= 0.3 is 0 Å². The van der Waals surface area contributed by atoms with Crippen LogP contribution in [-0.4, -0.2) is 34.7 Å². The van der Waals surface area contributed by atoms with Gasteiger partial charge < -0.3 is 10.0 Å². The van der Waals surface area contributed by atoms with E-state index in [9.17, 15) is 9.90 Å². The van der Waals surface area contributed by atoms with Crippen molar-refractivity contribution in [3.8, 4) is 5.75 Å². The van der Waals surface area contributed by atoms with Crippen LogP contribution in [0.15, 0.2) is 46.0 Å². The minimum atomic E-state index is -0.277. The number of amidine groups is 1. The molecule has 176 valence electrons. The predicted molar refractivity (Wildman–Crippen MR) is 142 cm³/mol. The summed E-state index contributed by atoms with van der Waals surface area (Å²) in [4.78, 5) is 15.4. The van der Waals surface area contributed by atoms with Crippen molar-refractivity contribution in [2.45, 2.75) is 65.7 Å². The van der Waals surface area contributed by atoms with Crippen molar-refractivity contribution in [3.05, 3.63) is 69.8 Å². The zero-order chi connectivity index (χ0) is 24.6. The third-order valence-corrected chi connectivity index (χ3v) is 6.45. The maximum Gasteiger partial charge on any atom is 0.182 e. The van der Waals surface area contributed by atoms with Crippen molar-refractivity contribution >= 4 is 33.8 Å². The molecule has 0 aromatic heterocycles. The largest absolute Gasteiger partial charge is 0.507 e. The molecule has 0 bridgehead atoms. The fraction of sp³-hybridized carbons (Fsp3) is 0.429. The minimum absolute atomic E-state index is 0.0243. The summed E-state index contributed by atoms with van der Waals surface area (Å²) in [6.45, 7) is 15.4. The van der Waals surface area contributed by atoms with Gasteiger partial charge in [0.05, 0.1) is 22.7 Å². The Balaban J connectivity index is 1.90. The van der Waals surface area contributed by atoms with Gasteiger partial charge in [0.15, 0.2) is 5.78 Å². The van der Waals surface area contributed by atoms with E-state index in [1.54, 1.807) is 0 Å². The Morgan fingerprint density at radius 2 is 1.61 bits per heavy atom. The minimum Gasteiger partial charge on any atom is -0.507 e. The maximum atomic E-state index is 13.4. The topological polar surface area (TPSA) is 52.9 Å². The number of phenols is 1. The SMILES string of the molecule is Cc1ccc(/C=C2\CCN(CC(=O)c3cc(C(C)(C)C)c(O)c(C(C)(C)C)c3)C2=NBr)cc1. The Bertz CT molecular complexity index is 1070. The van der Waals surface area contributed by atoms with Gasteiger partial charge in [0.2, 0.25) is 0 Å². The Kier molecular flexibility index (Phi) is 7.23. The van der Waals surface area contributed by atoms with Gasteiger partial charge in [-0.3, -0.25) is 4.79 Å². The van der Waals surface area contributed by atoms with E-state index in [4.69, 9.17) is 0 Å². The summed E-state index contributed by atoms with van der Waals surface area (Å²) >= 11 is 3.27. The van der Waals surface area contributed by atoms with Gasteiger partial charge in [-0.25, -0.2) is 0 Å². The first-order valence-electron chi connectivity index (χ1n) is 11.4. The molecule has 0 radical (unpaired) electrons. The van der Waals surface area contributed by atoms with Crippen molar-refractivity contribution in [1.29, 1.82) is 0 Å². The lowest BCUT2D eigenvalue weighted by atomic mass is 9.78. The van der Waals surface area contributed by atoms with Crippen LogP contribution in [0.4, 0.5) is 0 Å². The monoisotopic (exact) mass is 510 g/mol. The third-order valence-electron chi connectivity index (χ3n) is 6.12. The summed E-state index contributed by atoms with van der Waals surface area (Å²) in [5.74, 6) is 1.12. The molecule has 4 nitrogen and oxygen atoms in total. The van der Waals surface area contributed by atoms with Crippen molar-refractivity contribution in [2.24, 2.45) is 4.02 Å². The molecule has 1 aliphatic heterocycles. The Morgan fingerprint density at radius 3 is 2.09 bits per heavy atom. The van der Waals surface area contributed by atoms with Gasteiger partial charge in [-0.1, -0.05) is 71.4 Å². The van der Waals surface area contributed by atoms with Crippen LogP contribution in [0.25, 0.3) is 6.08 Å². The second-order valence-electron chi connectivity index (χ2n) is 11.0. The number of likely N-dealkylation sites (tertiary alicyclic amines) is 1. The van der Waals surface area contributed by atoms with Crippen LogP contribution in [0, 0.1) is 6.92 Å². The molecule has 0 atom stereocenters. The average molecular weight is 512 g/mol. The van der Waals surface area contributed by atoms with E-state index in [2.05, 4.69) is 99.0 Å². The number of hydrogen-bond acceptors (Lipinski definition) is 3. The first kappa shape index (κ1) is 25.2. The molecule has 1 saturated heterocycles. The van der Waals surface area contributed by atoms with E-state index >= 15 is 0 Å². The second-order valence-corrected chi connectivity index (χ2v) is 11.4. The van der Waals surface area contributed by atoms with Crippen LogP contribution in [0.3, 0.4) is 0 Å². The molecule has 2 aromatic rings. The molecule has 5 heteroatoms. The molecular formula is C28H35BrN2O2. The summed E-state index contributed by atoms with van der Waals surface area (Å²) in [7, 11) is 0. The van der Waals surface area contributed by atoms with Crippen molar-refractivity contribution in [3.63, 3.8) is 0 Å². The number of nitrogens with zero attached hydrogens (tertiary/aromatic N) is 2. The van der Waals surface area contributed by atoms with Crippen LogP contribution in [0.5, 0.6) is 5.75 Å². The summed E-state index contributed by atoms with van der Waals surface area (Å²) in [6, 6.07) is 12.1. The number of hydrogen-bond donors (Lipinski definition) is 1. The molecule has 1 fully saturated rings. The molecule has 0 spiro atoms. The van der Waals surface area contributed by atoms with Gasteiger partial charge in [0.25, 0.3) is 0 Å². The van der Waals surface area contributed by atoms with E-state index in [1.807, 2.05) is 17.0 Å². The molecule has 33 heavy (non-hydrogen) atoms. The predicted octanol–water partition coefficient (Wildman–Crippen LogP) is 6.98. The number of carbonyl (C=O) groups excluding carboxylic acids is 1. The Labute approximate surface area is 206 Å². The average Bonchev–Trinajstić information content (AvgIpc) is 3.09. The molecule has 1 aliphatic rings. The van der Waals surface area contributed by atoms with E-state index in [0.717, 1.165) is 41.1 Å². The Morgan fingerprint density at radius 1 is 1.06 bits per heavy atom.